The maximum atomic E-state index is 12.9. The van der Waals surface area contributed by atoms with Crippen LogP contribution in [0.4, 0.5) is 0 Å². The minimum atomic E-state index is -0.330. The number of carbonyl (C=O) groups excluding carboxylic acids is 2. The quantitative estimate of drug-likeness (QED) is 0.812. The molecule has 2 amide bonds. The van der Waals surface area contributed by atoms with Gasteiger partial charge in [-0.3, -0.25) is 9.59 Å². The van der Waals surface area contributed by atoms with Crippen molar-refractivity contribution in [2.45, 2.75) is 77.9 Å². The first-order valence-corrected chi connectivity index (χ1v) is 8.17. The molecule has 0 spiro atoms. The molecule has 1 aliphatic heterocycles. The number of nitrogens with zero attached hydrogens (tertiary/aromatic N) is 1. The van der Waals surface area contributed by atoms with Crippen LogP contribution in [-0.4, -0.2) is 34.8 Å². The SMILES string of the molecule is CCC(C)C1NC(=O)C(C2CC2)N(C(CC)CC)C1=O. The molecule has 4 heteroatoms. The highest BCUT2D eigenvalue weighted by atomic mass is 16.2. The van der Waals surface area contributed by atoms with Crippen molar-refractivity contribution in [2.75, 3.05) is 0 Å². The topological polar surface area (TPSA) is 49.4 Å². The molecule has 1 saturated carbocycles. The number of piperazine rings is 1. The predicted molar refractivity (Wildman–Crippen MR) is 79.1 cm³/mol. The fraction of sp³-hybridized carbons (Fsp3) is 0.875. The lowest BCUT2D eigenvalue weighted by Crippen LogP contribution is -2.67. The third kappa shape index (κ3) is 2.70. The van der Waals surface area contributed by atoms with Gasteiger partial charge in [0.1, 0.15) is 12.1 Å². The number of rotatable bonds is 6. The standard InChI is InChI=1S/C16H28N2O2/c1-5-10(4)13-16(20)18(12(6-2)7-3)14(11-8-9-11)15(19)17-13/h10-14H,5-9H2,1-4H3,(H,17,19). The number of nitrogens with one attached hydrogen (secondary N) is 1. The molecule has 1 saturated heterocycles. The Morgan fingerprint density at radius 3 is 2.20 bits per heavy atom. The number of carbonyl (C=O) groups is 2. The van der Waals surface area contributed by atoms with Crippen molar-refractivity contribution >= 4 is 11.8 Å². The molecule has 1 aliphatic carbocycles. The summed E-state index contributed by atoms with van der Waals surface area (Å²) in [5, 5.41) is 2.99. The van der Waals surface area contributed by atoms with Gasteiger partial charge in [0.15, 0.2) is 0 Å². The molecule has 1 heterocycles. The summed E-state index contributed by atoms with van der Waals surface area (Å²) in [7, 11) is 0. The van der Waals surface area contributed by atoms with Gasteiger partial charge in [0.05, 0.1) is 0 Å². The van der Waals surface area contributed by atoms with E-state index in [0.717, 1.165) is 32.1 Å². The van der Waals surface area contributed by atoms with Gasteiger partial charge < -0.3 is 10.2 Å². The Bertz CT molecular complexity index is 375. The Morgan fingerprint density at radius 2 is 1.75 bits per heavy atom. The molecule has 114 valence electrons. The summed E-state index contributed by atoms with van der Waals surface area (Å²) in [6, 6.07) is -0.346. The second-order valence-corrected chi connectivity index (χ2v) is 6.37. The van der Waals surface area contributed by atoms with E-state index in [-0.39, 0.29) is 35.9 Å². The molecule has 2 fully saturated rings. The molecular weight excluding hydrogens is 252 g/mol. The number of hydrogen-bond donors (Lipinski definition) is 1. The van der Waals surface area contributed by atoms with Crippen LogP contribution in [0.5, 0.6) is 0 Å². The van der Waals surface area contributed by atoms with Crippen molar-refractivity contribution in [1.29, 1.82) is 0 Å². The van der Waals surface area contributed by atoms with E-state index < -0.39 is 0 Å². The fourth-order valence-electron chi connectivity index (χ4n) is 3.29. The molecular formula is C16H28N2O2. The molecule has 0 aromatic carbocycles. The molecule has 0 bridgehead atoms. The smallest absolute Gasteiger partial charge is 0.246 e. The second-order valence-electron chi connectivity index (χ2n) is 6.37. The summed E-state index contributed by atoms with van der Waals surface area (Å²) in [5.74, 6) is 0.801. The Hall–Kier alpha value is -1.06. The highest BCUT2D eigenvalue weighted by Gasteiger charge is 2.50. The van der Waals surface area contributed by atoms with E-state index >= 15 is 0 Å². The average Bonchev–Trinajstić information content (AvgIpc) is 3.27. The largest absolute Gasteiger partial charge is 0.342 e. The van der Waals surface area contributed by atoms with Crippen molar-refractivity contribution in [3.63, 3.8) is 0 Å². The Morgan fingerprint density at radius 1 is 1.15 bits per heavy atom. The van der Waals surface area contributed by atoms with E-state index in [1.165, 1.54) is 0 Å². The van der Waals surface area contributed by atoms with E-state index in [9.17, 15) is 9.59 Å². The lowest BCUT2D eigenvalue weighted by molar-refractivity contribution is -0.155. The zero-order valence-corrected chi connectivity index (χ0v) is 13.2. The number of hydrogen-bond acceptors (Lipinski definition) is 2. The summed E-state index contributed by atoms with van der Waals surface area (Å²) in [6.07, 6.45) is 4.91. The summed E-state index contributed by atoms with van der Waals surface area (Å²) in [4.78, 5) is 27.3. The van der Waals surface area contributed by atoms with E-state index in [2.05, 4.69) is 26.1 Å². The first-order chi connectivity index (χ1) is 9.54. The van der Waals surface area contributed by atoms with Crippen LogP contribution in [0.15, 0.2) is 0 Å². The number of amides is 2. The van der Waals surface area contributed by atoms with E-state index in [1.54, 1.807) is 0 Å². The summed E-state index contributed by atoms with van der Waals surface area (Å²) in [6.45, 7) is 8.33. The molecule has 0 radical (unpaired) electrons. The molecule has 1 N–H and O–H groups in total. The maximum absolute atomic E-state index is 12.9. The molecule has 0 aromatic heterocycles. The van der Waals surface area contributed by atoms with Gasteiger partial charge in [-0.25, -0.2) is 0 Å². The van der Waals surface area contributed by atoms with E-state index in [1.807, 2.05) is 11.8 Å². The van der Waals surface area contributed by atoms with Crippen LogP contribution < -0.4 is 5.32 Å². The highest BCUT2D eigenvalue weighted by molar-refractivity contribution is 5.97. The monoisotopic (exact) mass is 280 g/mol. The molecule has 3 atom stereocenters. The van der Waals surface area contributed by atoms with Crippen molar-refractivity contribution in [3.8, 4) is 0 Å². The van der Waals surface area contributed by atoms with E-state index in [0.29, 0.717) is 5.92 Å². The van der Waals surface area contributed by atoms with Gasteiger partial charge in [0, 0.05) is 6.04 Å². The summed E-state index contributed by atoms with van der Waals surface area (Å²) >= 11 is 0. The minimum Gasteiger partial charge on any atom is -0.342 e. The second kappa shape index (κ2) is 6.15. The van der Waals surface area contributed by atoms with Gasteiger partial charge in [-0.2, -0.15) is 0 Å². The van der Waals surface area contributed by atoms with Crippen LogP contribution >= 0.6 is 0 Å². The molecule has 20 heavy (non-hydrogen) atoms. The van der Waals surface area contributed by atoms with Crippen LogP contribution in [-0.2, 0) is 9.59 Å². The van der Waals surface area contributed by atoms with Gasteiger partial charge in [-0.15, -0.1) is 0 Å². The third-order valence-corrected chi connectivity index (χ3v) is 5.00. The lowest BCUT2D eigenvalue weighted by Gasteiger charge is -2.44. The Labute approximate surface area is 122 Å². The maximum Gasteiger partial charge on any atom is 0.246 e. The van der Waals surface area contributed by atoms with Crippen LogP contribution in [0.2, 0.25) is 0 Å². The predicted octanol–water partition coefficient (Wildman–Crippen LogP) is 2.33. The van der Waals surface area contributed by atoms with Crippen molar-refractivity contribution < 1.29 is 9.59 Å². The fourth-order valence-corrected chi connectivity index (χ4v) is 3.29. The highest BCUT2D eigenvalue weighted by Crippen LogP contribution is 2.39. The van der Waals surface area contributed by atoms with Crippen LogP contribution in [0.3, 0.4) is 0 Å². The van der Waals surface area contributed by atoms with Gasteiger partial charge in [-0.05, 0) is 37.5 Å². The van der Waals surface area contributed by atoms with Gasteiger partial charge >= 0.3 is 0 Å². The average molecular weight is 280 g/mol. The van der Waals surface area contributed by atoms with Crippen LogP contribution in [0.1, 0.15) is 59.8 Å². The normalized spacial score (nSPS) is 28.8. The van der Waals surface area contributed by atoms with Gasteiger partial charge in [0.25, 0.3) is 0 Å². The van der Waals surface area contributed by atoms with Crippen molar-refractivity contribution in [3.05, 3.63) is 0 Å². The van der Waals surface area contributed by atoms with Gasteiger partial charge in [-0.1, -0.05) is 34.1 Å². The zero-order chi connectivity index (χ0) is 14.9. The van der Waals surface area contributed by atoms with Crippen molar-refractivity contribution in [1.82, 2.24) is 10.2 Å². The lowest BCUT2D eigenvalue weighted by atomic mass is 9.91. The van der Waals surface area contributed by atoms with Crippen LogP contribution in [0, 0.1) is 11.8 Å². The molecule has 3 unspecified atom stereocenters. The minimum absolute atomic E-state index is 0.0734. The molecule has 0 aromatic rings. The third-order valence-electron chi connectivity index (χ3n) is 5.00. The van der Waals surface area contributed by atoms with E-state index in [4.69, 9.17) is 0 Å². The van der Waals surface area contributed by atoms with Crippen molar-refractivity contribution in [2.24, 2.45) is 11.8 Å². The molecule has 4 nitrogen and oxygen atoms in total. The Balaban J connectivity index is 2.28. The summed E-state index contributed by atoms with van der Waals surface area (Å²) < 4.78 is 0. The Kier molecular flexibility index (Phi) is 4.71. The molecule has 2 rings (SSSR count). The first-order valence-electron chi connectivity index (χ1n) is 8.17. The molecule has 2 aliphatic rings. The van der Waals surface area contributed by atoms with Gasteiger partial charge in [0.2, 0.25) is 11.8 Å². The zero-order valence-electron chi connectivity index (χ0n) is 13.2. The summed E-state index contributed by atoms with van der Waals surface area (Å²) in [5.41, 5.74) is 0. The first kappa shape index (κ1) is 15.3. The van der Waals surface area contributed by atoms with Crippen LogP contribution in [0.25, 0.3) is 0 Å².